The Morgan fingerprint density at radius 1 is 1.28 bits per heavy atom. The van der Waals surface area contributed by atoms with Crippen molar-refractivity contribution in [3.63, 3.8) is 0 Å². The van der Waals surface area contributed by atoms with E-state index in [-0.39, 0.29) is 10.9 Å². The number of aromatic nitrogens is 1. The molecule has 0 aromatic carbocycles. The van der Waals surface area contributed by atoms with Crippen LogP contribution in [-0.2, 0) is 10.0 Å². The van der Waals surface area contributed by atoms with Crippen molar-refractivity contribution in [2.45, 2.75) is 43.0 Å². The molecule has 5 nitrogen and oxygen atoms in total. The number of hydrogen-bond donors (Lipinski definition) is 2. The Hall–Kier alpha value is -1.14. The van der Waals surface area contributed by atoms with E-state index in [2.05, 4.69) is 15.0 Å². The summed E-state index contributed by atoms with van der Waals surface area (Å²) in [7, 11) is -1.81. The predicted molar refractivity (Wildman–Crippen MR) is 71.0 cm³/mol. The highest BCUT2D eigenvalue weighted by Crippen LogP contribution is 2.22. The standard InChI is InChI=1S/C12H19N3O2S/c1-13-12-11(8-5-9-14-12)18(16,17)15-10-6-3-2-4-7-10/h5,8-10,15H,2-4,6-7H2,1H3,(H,13,14). The second-order valence-corrected chi connectivity index (χ2v) is 6.24. The Bertz CT molecular complexity index is 496. The molecule has 0 amide bonds. The fourth-order valence-corrected chi connectivity index (χ4v) is 3.77. The molecule has 2 N–H and O–H groups in total. The van der Waals surface area contributed by atoms with Crippen LogP contribution < -0.4 is 10.0 Å². The van der Waals surface area contributed by atoms with Gasteiger partial charge in [0, 0.05) is 19.3 Å². The van der Waals surface area contributed by atoms with Gasteiger partial charge < -0.3 is 5.32 Å². The Balaban J connectivity index is 2.19. The topological polar surface area (TPSA) is 71.1 Å². The van der Waals surface area contributed by atoms with Crippen LogP contribution in [0.5, 0.6) is 0 Å². The third-order valence-electron chi connectivity index (χ3n) is 3.22. The number of hydrogen-bond acceptors (Lipinski definition) is 4. The maximum atomic E-state index is 12.3. The maximum absolute atomic E-state index is 12.3. The van der Waals surface area contributed by atoms with Gasteiger partial charge in [0.25, 0.3) is 0 Å². The van der Waals surface area contributed by atoms with Crippen LogP contribution in [0.4, 0.5) is 5.82 Å². The van der Waals surface area contributed by atoms with Gasteiger partial charge in [-0.05, 0) is 25.0 Å². The summed E-state index contributed by atoms with van der Waals surface area (Å²) in [6, 6.07) is 3.27. The summed E-state index contributed by atoms with van der Waals surface area (Å²) in [5, 5.41) is 2.81. The number of pyridine rings is 1. The third-order valence-corrected chi connectivity index (χ3v) is 4.78. The highest BCUT2D eigenvalue weighted by atomic mass is 32.2. The van der Waals surface area contributed by atoms with E-state index in [4.69, 9.17) is 0 Å². The highest BCUT2D eigenvalue weighted by Gasteiger charge is 2.24. The molecular formula is C12H19N3O2S. The van der Waals surface area contributed by atoms with Crippen LogP contribution >= 0.6 is 0 Å². The lowest BCUT2D eigenvalue weighted by Gasteiger charge is -2.23. The SMILES string of the molecule is CNc1ncccc1S(=O)(=O)NC1CCCCC1. The van der Waals surface area contributed by atoms with E-state index < -0.39 is 10.0 Å². The summed E-state index contributed by atoms with van der Waals surface area (Å²) in [6.07, 6.45) is 6.82. The first-order valence-corrected chi connectivity index (χ1v) is 7.77. The summed E-state index contributed by atoms with van der Waals surface area (Å²) >= 11 is 0. The zero-order chi connectivity index (χ0) is 13.0. The molecule has 100 valence electrons. The van der Waals surface area contributed by atoms with Gasteiger partial charge in [-0.2, -0.15) is 0 Å². The van der Waals surface area contributed by atoms with Crippen LogP contribution in [0.25, 0.3) is 0 Å². The Labute approximate surface area is 108 Å². The van der Waals surface area contributed by atoms with Gasteiger partial charge in [-0.3, -0.25) is 0 Å². The molecule has 1 fully saturated rings. The molecule has 0 radical (unpaired) electrons. The van der Waals surface area contributed by atoms with Crippen molar-refractivity contribution >= 4 is 15.8 Å². The Kier molecular flexibility index (Phi) is 4.19. The molecule has 18 heavy (non-hydrogen) atoms. The van der Waals surface area contributed by atoms with E-state index in [1.807, 2.05) is 0 Å². The van der Waals surface area contributed by atoms with Crippen molar-refractivity contribution < 1.29 is 8.42 Å². The average molecular weight is 269 g/mol. The lowest BCUT2D eigenvalue weighted by atomic mass is 9.96. The fraction of sp³-hybridized carbons (Fsp3) is 0.583. The molecule has 1 saturated carbocycles. The summed E-state index contributed by atoms with van der Waals surface area (Å²) in [5.74, 6) is 0.390. The number of nitrogens with one attached hydrogen (secondary N) is 2. The van der Waals surface area contributed by atoms with Gasteiger partial charge in [-0.25, -0.2) is 18.1 Å². The lowest BCUT2D eigenvalue weighted by Crippen LogP contribution is -2.36. The lowest BCUT2D eigenvalue weighted by molar-refractivity contribution is 0.412. The van der Waals surface area contributed by atoms with Crippen LogP contribution in [-0.4, -0.2) is 26.5 Å². The van der Waals surface area contributed by atoms with Crippen molar-refractivity contribution in [2.75, 3.05) is 12.4 Å². The van der Waals surface area contributed by atoms with Gasteiger partial charge in [-0.1, -0.05) is 19.3 Å². The maximum Gasteiger partial charge on any atom is 0.244 e. The first kappa shape index (κ1) is 13.3. The van der Waals surface area contributed by atoms with Crippen molar-refractivity contribution in [1.82, 2.24) is 9.71 Å². The molecule has 1 heterocycles. The molecule has 2 rings (SSSR count). The zero-order valence-corrected chi connectivity index (χ0v) is 11.3. The minimum atomic E-state index is -3.48. The van der Waals surface area contributed by atoms with Gasteiger partial charge in [0.2, 0.25) is 10.0 Å². The largest absolute Gasteiger partial charge is 0.372 e. The molecule has 0 spiro atoms. The molecule has 0 unspecified atom stereocenters. The summed E-state index contributed by atoms with van der Waals surface area (Å²) < 4.78 is 27.4. The van der Waals surface area contributed by atoms with Crippen molar-refractivity contribution in [1.29, 1.82) is 0 Å². The van der Waals surface area contributed by atoms with Crippen molar-refractivity contribution in [2.24, 2.45) is 0 Å². The highest BCUT2D eigenvalue weighted by molar-refractivity contribution is 7.89. The van der Waals surface area contributed by atoms with Crippen LogP contribution in [0.2, 0.25) is 0 Å². The van der Waals surface area contributed by atoms with Crippen LogP contribution in [0.15, 0.2) is 23.2 Å². The molecule has 1 aromatic rings. The minimum absolute atomic E-state index is 0.0636. The molecule has 1 aliphatic carbocycles. The predicted octanol–water partition coefficient (Wildman–Crippen LogP) is 1.73. The van der Waals surface area contributed by atoms with Gasteiger partial charge in [0.1, 0.15) is 10.7 Å². The quantitative estimate of drug-likeness (QED) is 0.873. The number of nitrogens with zero attached hydrogens (tertiary/aromatic N) is 1. The average Bonchev–Trinajstić information content (AvgIpc) is 2.39. The van der Waals surface area contributed by atoms with Gasteiger partial charge in [-0.15, -0.1) is 0 Å². The fourth-order valence-electron chi connectivity index (χ4n) is 2.30. The molecule has 0 saturated heterocycles. The zero-order valence-electron chi connectivity index (χ0n) is 10.5. The van der Waals surface area contributed by atoms with Crippen LogP contribution in [0, 0.1) is 0 Å². The van der Waals surface area contributed by atoms with E-state index in [9.17, 15) is 8.42 Å². The van der Waals surface area contributed by atoms with E-state index in [0.29, 0.717) is 5.82 Å². The molecule has 0 bridgehead atoms. The number of anilines is 1. The third kappa shape index (κ3) is 3.00. The Morgan fingerprint density at radius 2 is 2.00 bits per heavy atom. The van der Waals surface area contributed by atoms with E-state index >= 15 is 0 Å². The second kappa shape index (κ2) is 5.67. The molecular weight excluding hydrogens is 250 g/mol. The van der Waals surface area contributed by atoms with E-state index in [1.165, 1.54) is 6.42 Å². The summed E-state index contributed by atoms with van der Waals surface area (Å²) in [6.45, 7) is 0. The molecule has 0 aliphatic heterocycles. The number of sulfonamides is 1. The summed E-state index contributed by atoms with van der Waals surface area (Å²) in [5.41, 5.74) is 0. The Morgan fingerprint density at radius 3 is 2.67 bits per heavy atom. The smallest absolute Gasteiger partial charge is 0.244 e. The number of rotatable bonds is 4. The first-order valence-electron chi connectivity index (χ1n) is 6.28. The first-order chi connectivity index (χ1) is 8.63. The van der Waals surface area contributed by atoms with E-state index in [0.717, 1.165) is 25.7 Å². The molecule has 1 aliphatic rings. The second-order valence-electron chi connectivity index (χ2n) is 4.56. The molecule has 1 aromatic heterocycles. The molecule has 6 heteroatoms. The van der Waals surface area contributed by atoms with Crippen molar-refractivity contribution in [3.05, 3.63) is 18.3 Å². The van der Waals surface area contributed by atoms with Gasteiger partial charge >= 0.3 is 0 Å². The van der Waals surface area contributed by atoms with Gasteiger partial charge in [0.15, 0.2) is 0 Å². The van der Waals surface area contributed by atoms with Crippen LogP contribution in [0.1, 0.15) is 32.1 Å². The monoisotopic (exact) mass is 269 g/mol. The van der Waals surface area contributed by atoms with Gasteiger partial charge in [0.05, 0.1) is 0 Å². The molecule has 0 atom stereocenters. The minimum Gasteiger partial charge on any atom is -0.372 e. The normalized spacial score (nSPS) is 17.6. The van der Waals surface area contributed by atoms with Crippen LogP contribution in [0.3, 0.4) is 0 Å². The van der Waals surface area contributed by atoms with Crippen molar-refractivity contribution in [3.8, 4) is 0 Å². The summed E-state index contributed by atoms with van der Waals surface area (Å²) in [4.78, 5) is 4.25. The van der Waals surface area contributed by atoms with E-state index in [1.54, 1.807) is 25.4 Å².